The van der Waals surface area contributed by atoms with Gasteiger partial charge in [-0.1, -0.05) is 48.5 Å². The number of ether oxygens (including phenoxy) is 1. The van der Waals surface area contributed by atoms with Gasteiger partial charge in [0.15, 0.2) is 0 Å². The molecule has 1 heterocycles. The molecule has 0 amide bonds. The lowest BCUT2D eigenvalue weighted by atomic mass is 9.99. The second-order valence-corrected chi connectivity index (χ2v) is 4.81. The Morgan fingerprint density at radius 2 is 1.73 bits per heavy atom. The molecule has 0 radical (unpaired) electrons. The van der Waals surface area contributed by atoms with Gasteiger partial charge in [0.1, 0.15) is 24.3 Å². The van der Waals surface area contributed by atoms with Crippen LogP contribution in [0.15, 0.2) is 73.3 Å². The summed E-state index contributed by atoms with van der Waals surface area (Å²) >= 11 is 0. The number of carbonyl (C=O) groups excluding carboxylic acids is 1. The molecule has 0 saturated heterocycles. The van der Waals surface area contributed by atoms with E-state index in [1.54, 1.807) is 23.1 Å². The van der Waals surface area contributed by atoms with E-state index < -0.39 is 5.92 Å². The third kappa shape index (κ3) is 3.38. The highest BCUT2D eigenvalue weighted by Crippen LogP contribution is 2.21. The van der Waals surface area contributed by atoms with E-state index in [4.69, 9.17) is 4.74 Å². The molecule has 5 nitrogen and oxygen atoms in total. The van der Waals surface area contributed by atoms with Crippen LogP contribution in [0.5, 0.6) is 5.75 Å². The Balaban J connectivity index is 1.83. The number of esters is 1. The van der Waals surface area contributed by atoms with Crippen molar-refractivity contribution in [1.29, 1.82) is 0 Å². The van der Waals surface area contributed by atoms with Crippen LogP contribution in [-0.4, -0.2) is 20.7 Å². The van der Waals surface area contributed by atoms with Gasteiger partial charge in [0, 0.05) is 0 Å². The molecule has 2 aromatic carbocycles. The standard InChI is InChI=1S/C17H15N3O2/c21-17(22-15-9-5-2-6-10-15)16(11-20-13-18-12-19-20)14-7-3-1-4-8-14/h1-10,12-13,16H,11H2. The van der Waals surface area contributed by atoms with Crippen molar-refractivity contribution in [3.8, 4) is 5.75 Å². The van der Waals surface area contributed by atoms with Crippen molar-refractivity contribution < 1.29 is 9.53 Å². The average molecular weight is 293 g/mol. The second-order valence-electron chi connectivity index (χ2n) is 4.81. The molecule has 1 aromatic heterocycles. The number of hydrogen-bond acceptors (Lipinski definition) is 4. The van der Waals surface area contributed by atoms with E-state index in [2.05, 4.69) is 10.1 Å². The summed E-state index contributed by atoms with van der Waals surface area (Å²) in [6, 6.07) is 18.6. The molecule has 3 rings (SSSR count). The summed E-state index contributed by atoms with van der Waals surface area (Å²) in [5.41, 5.74) is 0.888. The Hall–Kier alpha value is -2.95. The topological polar surface area (TPSA) is 57.0 Å². The first kappa shape index (κ1) is 14.0. The minimum Gasteiger partial charge on any atom is -0.426 e. The van der Waals surface area contributed by atoms with E-state index in [1.807, 2.05) is 48.5 Å². The Morgan fingerprint density at radius 3 is 2.36 bits per heavy atom. The zero-order chi connectivity index (χ0) is 15.2. The first-order chi connectivity index (χ1) is 10.8. The minimum atomic E-state index is -0.442. The summed E-state index contributed by atoms with van der Waals surface area (Å²) < 4.78 is 7.11. The van der Waals surface area contributed by atoms with Crippen molar-refractivity contribution in [2.45, 2.75) is 12.5 Å². The van der Waals surface area contributed by atoms with Crippen LogP contribution in [0.2, 0.25) is 0 Å². The highest BCUT2D eigenvalue weighted by molar-refractivity contribution is 5.80. The quantitative estimate of drug-likeness (QED) is 0.536. The Morgan fingerprint density at radius 1 is 1.05 bits per heavy atom. The van der Waals surface area contributed by atoms with Gasteiger partial charge in [-0.2, -0.15) is 5.10 Å². The second kappa shape index (κ2) is 6.67. The van der Waals surface area contributed by atoms with Gasteiger partial charge in [0.05, 0.1) is 6.54 Å². The Labute approximate surface area is 128 Å². The van der Waals surface area contributed by atoms with Crippen molar-refractivity contribution in [1.82, 2.24) is 14.8 Å². The van der Waals surface area contributed by atoms with Crippen LogP contribution in [-0.2, 0) is 11.3 Å². The smallest absolute Gasteiger partial charge is 0.320 e. The molecule has 0 bridgehead atoms. The average Bonchev–Trinajstić information content (AvgIpc) is 3.07. The summed E-state index contributed by atoms with van der Waals surface area (Å²) in [6.07, 6.45) is 3.04. The third-order valence-electron chi connectivity index (χ3n) is 3.28. The van der Waals surface area contributed by atoms with Crippen LogP contribution in [0.3, 0.4) is 0 Å². The maximum Gasteiger partial charge on any atom is 0.320 e. The minimum absolute atomic E-state index is 0.312. The van der Waals surface area contributed by atoms with Gasteiger partial charge in [-0.15, -0.1) is 0 Å². The molecule has 0 N–H and O–H groups in total. The molecule has 22 heavy (non-hydrogen) atoms. The van der Waals surface area contributed by atoms with E-state index in [9.17, 15) is 4.79 Å². The molecule has 0 aliphatic carbocycles. The maximum atomic E-state index is 12.6. The number of benzene rings is 2. The SMILES string of the molecule is O=C(Oc1ccccc1)C(Cn1cncn1)c1ccccc1. The van der Waals surface area contributed by atoms with Gasteiger partial charge in [-0.05, 0) is 17.7 Å². The highest BCUT2D eigenvalue weighted by atomic mass is 16.5. The lowest BCUT2D eigenvalue weighted by Crippen LogP contribution is -2.23. The van der Waals surface area contributed by atoms with Crippen molar-refractivity contribution >= 4 is 5.97 Å². The predicted octanol–water partition coefficient (Wildman–Crippen LogP) is 2.67. The lowest BCUT2D eigenvalue weighted by molar-refractivity contribution is -0.136. The van der Waals surface area contributed by atoms with Crippen LogP contribution in [0.25, 0.3) is 0 Å². The highest BCUT2D eigenvalue weighted by Gasteiger charge is 2.23. The molecule has 0 spiro atoms. The summed E-state index contributed by atoms with van der Waals surface area (Å²) in [4.78, 5) is 16.5. The van der Waals surface area contributed by atoms with Crippen LogP contribution < -0.4 is 4.74 Å². The largest absolute Gasteiger partial charge is 0.426 e. The van der Waals surface area contributed by atoms with Crippen molar-refractivity contribution in [2.75, 3.05) is 0 Å². The maximum absolute atomic E-state index is 12.6. The molecule has 3 aromatic rings. The van der Waals surface area contributed by atoms with Crippen LogP contribution >= 0.6 is 0 Å². The molecule has 0 aliphatic heterocycles. The van der Waals surface area contributed by atoms with Crippen LogP contribution in [0.1, 0.15) is 11.5 Å². The molecule has 1 unspecified atom stereocenters. The number of carbonyl (C=O) groups is 1. The van der Waals surface area contributed by atoms with Crippen LogP contribution in [0.4, 0.5) is 0 Å². The fourth-order valence-corrected chi connectivity index (χ4v) is 2.19. The molecular weight excluding hydrogens is 278 g/mol. The van der Waals surface area contributed by atoms with Crippen molar-refractivity contribution in [2.24, 2.45) is 0 Å². The van der Waals surface area contributed by atoms with Gasteiger partial charge < -0.3 is 4.74 Å². The summed E-state index contributed by atoms with van der Waals surface area (Å²) in [6.45, 7) is 0.385. The molecule has 0 saturated carbocycles. The summed E-state index contributed by atoms with van der Waals surface area (Å²) in [7, 11) is 0. The number of para-hydroxylation sites is 1. The third-order valence-corrected chi connectivity index (χ3v) is 3.28. The van der Waals surface area contributed by atoms with E-state index >= 15 is 0 Å². The number of hydrogen-bond donors (Lipinski definition) is 0. The van der Waals surface area contributed by atoms with Crippen molar-refractivity contribution in [3.05, 3.63) is 78.9 Å². The molecule has 0 aliphatic rings. The number of rotatable bonds is 5. The molecule has 5 heteroatoms. The van der Waals surface area contributed by atoms with E-state index in [-0.39, 0.29) is 5.97 Å². The summed E-state index contributed by atoms with van der Waals surface area (Å²) in [5.74, 6) is -0.219. The fraction of sp³-hybridized carbons (Fsp3) is 0.118. The first-order valence-electron chi connectivity index (χ1n) is 6.97. The van der Waals surface area contributed by atoms with Gasteiger partial charge in [-0.3, -0.25) is 9.48 Å². The van der Waals surface area contributed by atoms with Gasteiger partial charge >= 0.3 is 5.97 Å². The number of aromatic nitrogens is 3. The summed E-state index contributed by atoms with van der Waals surface area (Å²) in [5, 5.41) is 4.07. The van der Waals surface area contributed by atoms with E-state index in [1.165, 1.54) is 6.33 Å². The van der Waals surface area contributed by atoms with E-state index in [0.717, 1.165) is 5.56 Å². The zero-order valence-corrected chi connectivity index (χ0v) is 11.9. The van der Waals surface area contributed by atoms with Gasteiger partial charge in [-0.25, -0.2) is 4.98 Å². The first-order valence-corrected chi connectivity index (χ1v) is 6.97. The number of nitrogens with zero attached hydrogens (tertiary/aromatic N) is 3. The van der Waals surface area contributed by atoms with Crippen LogP contribution in [0, 0.1) is 0 Å². The Bertz CT molecular complexity index is 712. The molecule has 1 atom stereocenters. The van der Waals surface area contributed by atoms with Gasteiger partial charge in [0.2, 0.25) is 0 Å². The lowest BCUT2D eigenvalue weighted by Gasteiger charge is -2.16. The predicted molar refractivity (Wildman–Crippen MR) is 81.3 cm³/mol. The monoisotopic (exact) mass is 293 g/mol. The zero-order valence-electron chi connectivity index (χ0n) is 11.9. The molecular formula is C17H15N3O2. The van der Waals surface area contributed by atoms with Gasteiger partial charge in [0.25, 0.3) is 0 Å². The van der Waals surface area contributed by atoms with Crippen molar-refractivity contribution in [3.63, 3.8) is 0 Å². The Kier molecular flexibility index (Phi) is 4.25. The van der Waals surface area contributed by atoms with E-state index in [0.29, 0.717) is 12.3 Å². The normalized spacial score (nSPS) is 11.8. The molecule has 110 valence electrons. The fourth-order valence-electron chi connectivity index (χ4n) is 2.19. The molecule has 0 fully saturated rings.